The molecule has 0 spiro atoms. The summed E-state index contributed by atoms with van der Waals surface area (Å²) in [5.41, 5.74) is -0.884. The third-order valence-electron chi connectivity index (χ3n) is 5.10. The van der Waals surface area contributed by atoms with Crippen LogP contribution >= 0.6 is 0 Å². The Morgan fingerprint density at radius 3 is 2.82 bits per heavy atom. The number of amides is 1. The van der Waals surface area contributed by atoms with E-state index in [1.54, 1.807) is 9.47 Å². The molecule has 4 heterocycles. The zero-order valence-electron chi connectivity index (χ0n) is 12.1. The quantitative estimate of drug-likeness (QED) is 0.739. The summed E-state index contributed by atoms with van der Waals surface area (Å²) in [6.07, 6.45) is 4.97. The topological polar surface area (TPSA) is 82.8 Å². The summed E-state index contributed by atoms with van der Waals surface area (Å²) in [5.74, 6) is -0.940. The molecule has 3 aliphatic rings. The molecule has 2 saturated heterocycles. The maximum atomic E-state index is 12.7. The Bertz CT molecular complexity index is 726. The van der Waals surface area contributed by atoms with Crippen molar-refractivity contribution in [1.82, 2.24) is 14.4 Å². The van der Waals surface area contributed by atoms with Gasteiger partial charge in [-0.15, -0.1) is 0 Å². The monoisotopic (exact) mass is 303 g/mol. The Labute approximate surface area is 126 Å². The van der Waals surface area contributed by atoms with Gasteiger partial charge in [0.2, 0.25) is 5.43 Å². The summed E-state index contributed by atoms with van der Waals surface area (Å²) in [4.78, 5) is 39.6. The highest BCUT2D eigenvalue weighted by molar-refractivity contribution is 5.96. The SMILES string of the molecule is O=Cc1cn2c(c(O)c1=O)C(=O)N1CCC3CCCN3C1C2. The maximum absolute atomic E-state index is 12.7. The van der Waals surface area contributed by atoms with Gasteiger partial charge < -0.3 is 14.6 Å². The fraction of sp³-hybridized carbons (Fsp3) is 0.533. The van der Waals surface area contributed by atoms with Crippen molar-refractivity contribution in [3.05, 3.63) is 27.7 Å². The van der Waals surface area contributed by atoms with Gasteiger partial charge in [-0.2, -0.15) is 0 Å². The van der Waals surface area contributed by atoms with Gasteiger partial charge in [-0.1, -0.05) is 0 Å². The van der Waals surface area contributed by atoms with Crippen LogP contribution in [-0.2, 0) is 6.54 Å². The summed E-state index contributed by atoms with van der Waals surface area (Å²) in [7, 11) is 0. The second kappa shape index (κ2) is 4.67. The molecule has 2 fully saturated rings. The fourth-order valence-electron chi connectivity index (χ4n) is 4.05. The minimum atomic E-state index is -0.774. The zero-order chi connectivity index (χ0) is 15.4. The molecule has 2 unspecified atom stereocenters. The smallest absolute Gasteiger partial charge is 0.275 e. The van der Waals surface area contributed by atoms with Gasteiger partial charge in [0.25, 0.3) is 5.91 Å². The highest BCUT2D eigenvalue weighted by atomic mass is 16.3. The van der Waals surface area contributed by atoms with E-state index in [0.717, 1.165) is 25.8 Å². The van der Waals surface area contributed by atoms with Gasteiger partial charge in [0, 0.05) is 25.3 Å². The van der Waals surface area contributed by atoms with Crippen molar-refractivity contribution in [2.45, 2.75) is 38.0 Å². The number of carbonyl (C=O) groups excluding carboxylic acids is 2. The number of nitrogens with zero attached hydrogens (tertiary/aromatic N) is 3. The molecule has 7 heteroatoms. The van der Waals surface area contributed by atoms with Gasteiger partial charge >= 0.3 is 0 Å². The van der Waals surface area contributed by atoms with Crippen LogP contribution in [0.1, 0.15) is 40.1 Å². The van der Waals surface area contributed by atoms with Crippen molar-refractivity contribution in [1.29, 1.82) is 0 Å². The van der Waals surface area contributed by atoms with Crippen LogP contribution < -0.4 is 5.43 Å². The number of aromatic hydroxyl groups is 1. The normalized spacial score (nSPS) is 27.3. The Morgan fingerprint density at radius 2 is 2.05 bits per heavy atom. The lowest BCUT2D eigenvalue weighted by molar-refractivity contribution is -0.0211. The molecule has 22 heavy (non-hydrogen) atoms. The van der Waals surface area contributed by atoms with Crippen molar-refractivity contribution in [2.75, 3.05) is 13.1 Å². The van der Waals surface area contributed by atoms with Gasteiger partial charge in [0.1, 0.15) is 6.17 Å². The molecule has 4 rings (SSSR count). The first-order valence-corrected chi connectivity index (χ1v) is 7.60. The van der Waals surface area contributed by atoms with E-state index in [1.165, 1.54) is 6.20 Å². The number of aromatic nitrogens is 1. The molecule has 0 bridgehead atoms. The molecule has 1 amide bonds. The molecule has 1 aromatic heterocycles. The Morgan fingerprint density at radius 1 is 1.23 bits per heavy atom. The van der Waals surface area contributed by atoms with E-state index in [2.05, 4.69) is 4.90 Å². The van der Waals surface area contributed by atoms with Gasteiger partial charge in [0.05, 0.1) is 12.1 Å². The summed E-state index contributed by atoms with van der Waals surface area (Å²) >= 11 is 0. The number of carbonyl (C=O) groups is 2. The highest BCUT2D eigenvalue weighted by Gasteiger charge is 2.44. The van der Waals surface area contributed by atoms with Gasteiger partial charge in [0.15, 0.2) is 17.7 Å². The number of fused-ring (bicyclic) bond motifs is 4. The molecular formula is C15H17N3O4. The molecule has 0 aromatic carbocycles. The number of aldehydes is 1. The van der Waals surface area contributed by atoms with Crippen molar-refractivity contribution in [3.8, 4) is 5.75 Å². The lowest BCUT2D eigenvalue weighted by Crippen LogP contribution is -2.62. The minimum Gasteiger partial charge on any atom is -0.503 e. The molecular weight excluding hydrogens is 286 g/mol. The van der Waals surface area contributed by atoms with Crippen LogP contribution in [-0.4, -0.2) is 57.0 Å². The maximum Gasteiger partial charge on any atom is 0.275 e. The van der Waals surface area contributed by atoms with E-state index in [1.807, 2.05) is 0 Å². The third-order valence-corrected chi connectivity index (χ3v) is 5.10. The van der Waals surface area contributed by atoms with Gasteiger partial charge in [-0.25, -0.2) is 0 Å². The summed E-state index contributed by atoms with van der Waals surface area (Å²) in [6, 6.07) is 0.508. The number of rotatable bonds is 1. The average molecular weight is 303 g/mol. The Kier molecular flexibility index (Phi) is 2.87. The van der Waals surface area contributed by atoms with E-state index in [-0.39, 0.29) is 23.3 Å². The lowest BCUT2D eigenvalue weighted by atomic mass is 10.0. The van der Waals surface area contributed by atoms with Crippen LogP contribution in [0.5, 0.6) is 5.75 Å². The second-order valence-electron chi connectivity index (χ2n) is 6.18. The fourth-order valence-corrected chi connectivity index (χ4v) is 4.05. The summed E-state index contributed by atoms with van der Waals surface area (Å²) in [6.45, 7) is 2.08. The first-order valence-electron chi connectivity index (χ1n) is 7.60. The van der Waals surface area contributed by atoms with E-state index in [9.17, 15) is 19.5 Å². The van der Waals surface area contributed by atoms with Crippen LogP contribution in [0.4, 0.5) is 0 Å². The molecule has 1 N–H and O–H groups in total. The lowest BCUT2D eigenvalue weighted by Gasteiger charge is -2.48. The van der Waals surface area contributed by atoms with Crippen molar-refractivity contribution < 1.29 is 14.7 Å². The average Bonchev–Trinajstić information content (AvgIpc) is 2.99. The summed E-state index contributed by atoms with van der Waals surface area (Å²) in [5, 5.41) is 10.1. The molecule has 2 atom stereocenters. The minimum absolute atomic E-state index is 0.00416. The predicted octanol–water partition coefficient (Wildman–Crippen LogP) is 0.0164. The van der Waals surface area contributed by atoms with Crippen molar-refractivity contribution >= 4 is 12.2 Å². The largest absolute Gasteiger partial charge is 0.503 e. The van der Waals surface area contributed by atoms with E-state index < -0.39 is 11.2 Å². The van der Waals surface area contributed by atoms with Crippen LogP contribution in [0.15, 0.2) is 11.0 Å². The summed E-state index contributed by atoms with van der Waals surface area (Å²) < 4.78 is 1.56. The molecule has 7 nitrogen and oxygen atoms in total. The molecule has 3 aliphatic heterocycles. The van der Waals surface area contributed by atoms with Crippen LogP contribution in [0.2, 0.25) is 0 Å². The molecule has 1 aromatic rings. The Balaban J connectivity index is 1.83. The van der Waals surface area contributed by atoms with Gasteiger partial charge in [-0.05, 0) is 19.3 Å². The molecule has 0 aliphatic carbocycles. The number of hydrogen-bond acceptors (Lipinski definition) is 5. The van der Waals surface area contributed by atoms with E-state index in [4.69, 9.17) is 0 Å². The molecule has 116 valence electrons. The first kappa shape index (κ1) is 13.5. The number of hydrogen-bond donors (Lipinski definition) is 1. The van der Waals surface area contributed by atoms with Gasteiger partial charge in [-0.3, -0.25) is 19.3 Å². The number of pyridine rings is 1. The second-order valence-corrected chi connectivity index (χ2v) is 6.18. The van der Waals surface area contributed by atoms with Crippen molar-refractivity contribution in [2.24, 2.45) is 0 Å². The standard InChI is InChI=1S/C15H17N3O4/c19-8-9-6-16-7-11-17-4-1-2-10(17)3-5-18(11)15(22)12(16)14(21)13(9)20/h6,8,10-11,21H,1-5,7H2. The highest BCUT2D eigenvalue weighted by Crippen LogP contribution is 2.34. The molecule has 0 saturated carbocycles. The Hall–Kier alpha value is -2.15. The zero-order valence-corrected chi connectivity index (χ0v) is 12.1. The third kappa shape index (κ3) is 1.68. The predicted molar refractivity (Wildman–Crippen MR) is 76.9 cm³/mol. The molecule has 0 radical (unpaired) electrons. The van der Waals surface area contributed by atoms with E-state index in [0.29, 0.717) is 25.4 Å². The van der Waals surface area contributed by atoms with Crippen LogP contribution in [0, 0.1) is 0 Å². The van der Waals surface area contributed by atoms with E-state index >= 15 is 0 Å². The van der Waals surface area contributed by atoms with Crippen molar-refractivity contribution in [3.63, 3.8) is 0 Å². The van der Waals surface area contributed by atoms with Crippen LogP contribution in [0.3, 0.4) is 0 Å². The van der Waals surface area contributed by atoms with Crippen LogP contribution in [0.25, 0.3) is 0 Å². The first-order chi connectivity index (χ1) is 10.6.